The number of nitrogens with zero attached hydrogens (tertiary/aromatic N) is 3. The van der Waals surface area contributed by atoms with Crippen LogP contribution in [-0.2, 0) is 0 Å². The van der Waals surface area contributed by atoms with E-state index in [0.29, 0.717) is 11.4 Å². The molecule has 0 radical (unpaired) electrons. The molecule has 0 amide bonds. The monoisotopic (exact) mass is 297 g/mol. The standard InChI is InChI=1S/C16H19N5O/c1-10-6-7-11(2)12(9-10)15(17)20-16(18)14-13(21(3)22)5-4-8-19-14/h4-9,22H,1-3H3,(H3,17,18,20). The van der Waals surface area contributed by atoms with E-state index in [9.17, 15) is 5.21 Å². The first-order chi connectivity index (χ1) is 10.4. The molecule has 0 aliphatic carbocycles. The number of nitrogens with two attached hydrogens (primary N) is 1. The van der Waals surface area contributed by atoms with E-state index >= 15 is 0 Å². The largest absolute Gasteiger partial charge is 0.382 e. The summed E-state index contributed by atoms with van der Waals surface area (Å²) in [5.74, 6) is 0.151. The summed E-state index contributed by atoms with van der Waals surface area (Å²) in [7, 11) is 1.48. The molecule has 2 aromatic rings. The summed E-state index contributed by atoms with van der Waals surface area (Å²) in [6, 6.07) is 9.18. The number of aliphatic imine (C=N–C) groups is 1. The Balaban J connectivity index is 2.41. The van der Waals surface area contributed by atoms with E-state index in [1.807, 2.05) is 32.0 Å². The molecule has 0 atom stereocenters. The molecule has 0 unspecified atom stereocenters. The summed E-state index contributed by atoms with van der Waals surface area (Å²) in [5, 5.41) is 18.7. The predicted molar refractivity (Wildman–Crippen MR) is 87.9 cm³/mol. The van der Waals surface area contributed by atoms with Crippen LogP contribution < -0.4 is 10.8 Å². The van der Waals surface area contributed by atoms with Crippen molar-refractivity contribution in [2.45, 2.75) is 13.8 Å². The summed E-state index contributed by atoms with van der Waals surface area (Å²) in [4.78, 5) is 8.27. The van der Waals surface area contributed by atoms with E-state index in [1.54, 1.807) is 18.3 Å². The van der Waals surface area contributed by atoms with Crippen molar-refractivity contribution in [3.63, 3.8) is 0 Å². The fourth-order valence-electron chi connectivity index (χ4n) is 2.08. The zero-order valence-electron chi connectivity index (χ0n) is 12.8. The lowest BCUT2D eigenvalue weighted by atomic mass is 10.1. The van der Waals surface area contributed by atoms with Crippen molar-refractivity contribution in [1.82, 2.24) is 4.98 Å². The third kappa shape index (κ3) is 3.29. The van der Waals surface area contributed by atoms with E-state index in [1.165, 1.54) is 7.05 Å². The highest BCUT2D eigenvalue weighted by Crippen LogP contribution is 2.16. The molecule has 22 heavy (non-hydrogen) atoms. The first kappa shape index (κ1) is 15.7. The predicted octanol–water partition coefficient (Wildman–Crippen LogP) is 2.25. The van der Waals surface area contributed by atoms with Gasteiger partial charge in [0.25, 0.3) is 0 Å². The van der Waals surface area contributed by atoms with E-state index in [-0.39, 0.29) is 11.7 Å². The molecule has 0 saturated heterocycles. The lowest BCUT2D eigenvalue weighted by Gasteiger charge is -2.14. The molecule has 0 saturated carbocycles. The quantitative estimate of drug-likeness (QED) is 0.459. The van der Waals surface area contributed by atoms with Crippen molar-refractivity contribution in [2.24, 2.45) is 10.7 Å². The summed E-state index contributed by atoms with van der Waals surface area (Å²) < 4.78 is 0. The molecule has 0 fully saturated rings. The van der Waals surface area contributed by atoms with Crippen LogP contribution in [-0.4, -0.2) is 28.9 Å². The Labute approximate surface area is 129 Å². The number of hydrogen-bond acceptors (Lipinski definition) is 4. The number of aromatic nitrogens is 1. The third-order valence-corrected chi connectivity index (χ3v) is 3.26. The third-order valence-electron chi connectivity index (χ3n) is 3.26. The molecule has 1 aromatic carbocycles. The molecule has 6 nitrogen and oxygen atoms in total. The van der Waals surface area contributed by atoms with Gasteiger partial charge in [-0.15, -0.1) is 0 Å². The summed E-state index contributed by atoms with van der Waals surface area (Å²) in [6.45, 7) is 3.88. The van der Waals surface area contributed by atoms with Crippen molar-refractivity contribution in [3.05, 3.63) is 58.9 Å². The van der Waals surface area contributed by atoms with Crippen LogP contribution in [0, 0.1) is 19.3 Å². The van der Waals surface area contributed by atoms with Crippen LogP contribution in [0.1, 0.15) is 22.4 Å². The number of nitrogens with one attached hydrogen (secondary N) is 1. The molecule has 114 valence electrons. The zero-order valence-corrected chi connectivity index (χ0v) is 12.8. The molecule has 0 aliphatic rings. The topological polar surface area (TPSA) is 98.6 Å². The Morgan fingerprint density at radius 3 is 2.73 bits per heavy atom. The number of benzene rings is 1. The fraction of sp³-hybridized carbons (Fsp3) is 0.188. The van der Waals surface area contributed by atoms with Gasteiger partial charge >= 0.3 is 0 Å². The van der Waals surface area contributed by atoms with Crippen LogP contribution in [0.5, 0.6) is 0 Å². The highest BCUT2D eigenvalue weighted by Gasteiger charge is 2.12. The van der Waals surface area contributed by atoms with Crippen LogP contribution >= 0.6 is 0 Å². The average molecular weight is 297 g/mol. The summed E-state index contributed by atoms with van der Waals surface area (Å²) in [6.07, 6.45) is 1.56. The van der Waals surface area contributed by atoms with Gasteiger partial charge in [-0.25, -0.2) is 4.99 Å². The van der Waals surface area contributed by atoms with Crippen molar-refractivity contribution < 1.29 is 5.21 Å². The van der Waals surface area contributed by atoms with Gasteiger partial charge in [-0.2, -0.15) is 0 Å². The summed E-state index contributed by atoms with van der Waals surface area (Å²) in [5.41, 5.74) is 9.45. The van der Waals surface area contributed by atoms with E-state index < -0.39 is 0 Å². The van der Waals surface area contributed by atoms with Crippen molar-refractivity contribution in [3.8, 4) is 0 Å². The fourth-order valence-corrected chi connectivity index (χ4v) is 2.08. The smallest absolute Gasteiger partial charge is 0.154 e. The Hall–Kier alpha value is -2.73. The molecule has 1 aromatic heterocycles. The Morgan fingerprint density at radius 2 is 2.05 bits per heavy atom. The molecular weight excluding hydrogens is 278 g/mol. The molecule has 0 spiro atoms. The molecule has 4 N–H and O–H groups in total. The molecule has 2 rings (SSSR count). The second-order valence-corrected chi connectivity index (χ2v) is 5.06. The maximum Gasteiger partial charge on any atom is 0.154 e. The van der Waals surface area contributed by atoms with Crippen LogP contribution in [0.15, 0.2) is 41.5 Å². The normalized spacial score (nSPS) is 11.4. The van der Waals surface area contributed by atoms with Gasteiger partial charge in [0.15, 0.2) is 11.7 Å². The second kappa shape index (κ2) is 6.36. The molecule has 0 aliphatic heterocycles. The van der Waals surface area contributed by atoms with Gasteiger partial charge in [-0.3, -0.25) is 20.7 Å². The Kier molecular flexibility index (Phi) is 4.53. The van der Waals surface area contributed by atoms with Crippen LogP contribution in [0.4, 0.5) is 5.69 Å². The van der Waals surface area contributed by atoms with Gasteiger partial charge in [0.05, 0.1) is 5.69 Å². The van der Waals surface area contributed by atoms with Gasteiger partial charge < -0.3 is 5.73 Å². The molecule has 6 heteroatoms. The number of pyridine rings is 1. The molecule has 0 bridgehead atoms. The Bertz CT molecular complexity index is 737. The number of anilines is 1. The minimum absolute atomic E-state index is 0.0656. The van der Waals surface area contributed by atoms with Crippen LogP contribution in [0.25, 0.3) is 0 Å². The maximum absolute atomic E-state index is 9.61. The van der Waals surface area contributed by atoms with Gasteiger partial charge in [-0.1, -0.05) is 17.7 Å². The number of hydrogen-bond donors (Lipinski definition) is 3. The summed E-state index contributed by atoms with van der Waals surface area (Å²) >= 11 is 0. The number of hydroxylamine groups is 1. The Morgan fingerprint density at radius 1 is 1.32 bits per heavy atom. The van der Waals surface area contributed by atoms with Crippen molar-refractivity contribution in [2.75, 3.05) is 12.1 Å². The lowest BCUT2D eigenvalue weighted by molar-refractivity contribution is 0.279. The lowest BCUT2D eigenvalue weighted by Crippen LogP contribution is -2.22. The SMILES string of the molecule is Cc1ccc(C)c(C(=N)N=C(N)c2ncccc2N(C)O)c1. The second-order valence-electron chi connectivity index (χ2n) is 5.06. The highest BCUT2D eigenvalue weighted by atomic mass is 16.5. The van der Waals surface area contributed by atoms with E-state index in [2.05, 4.69) is 9.98 Å². The number of rotatable bonds is 3. The van der Waals surface area contributed by atoms with Crippen LogP contribution in [0.2, 0.25) is 0 Å². The number of aryl methyl sites for hydroxylation is 2. The van der Waals surface area contributed by atoms with Gasteiger partial charge in [0.2, 0.25) is 0 Å². The number of amidine groups is 2. The van der Waals surface area contributed by atoms with Gasteiger partial charge in [-0.05, 0) is 37.6 Å². The maximum atomic E-state index is 9.61. The van der Waals surface area contributed by atoms with Gasteiger partial charge in [0, 0.05) is 18.8 Å². The minimum Gasteiger partial charge on any atom is -0.382 e. The van der Waals surface area contributed by atoms with Crippen molar-refractivity contribution in [1.29, 1.82) is 5.41 Å². The molecular formula is C16H19N5O. The zero-order chi connectivity index (χ0) is 16.3. The highest BCUT2D eigenvalue weighted by molar-refractivity contribution is 6.11. The minimum atomic E-state index is 0.0656. The van der Waals surface area contributed by atoms with E-state index in [0.717, 1.165) is 21.8 Å². The van der Waals surface area contributed by atoms with Crippen molar-refractivity contribution >= 4 is 17.4 Å². The van der Waals surface area contributed by atoms with E-state index in [4.69, 9.17) is 11.1 Å². The molecule has 1 heterocycles. The van der Waals surface area contributed by atoms with Gasteiger partial charge in [0.1, 0.15) is 5.69 Å². The first-order valence-corrected chi connectivity index (χ1v) is 6.78. The van der Waals surface area contributed by atoms with Crippen LogP contribution in [0.3, 0.4) is 0 Å². The first-order valence-electron chi connectivity index (χ1n) is 6.78. The average Bonchev–Trinajstić information content (AvgIpc) is 2.49.